The van der Waals surface area contributed by atoms with Crippen LogP contribution in [0.15, 0.2) is 53.7 Å². The highest BCUT2D eigenvalue weighted by molar-refractivity contribution is 6.31. The van der Waals surface area contributed by atoms with E-state index in [1.807, 2.05) is 0 Å². The van der Waals surface area contributed by atoms with Crippen LogP contribution in [-0.4, -0.2) is 47.8 Å². The molecule has 0 bridgehead atoms. The number of Topliss-reactive ketones (excluding diaryl/α,β-unsaturated/α-hetero) is 2. The number of carbonyl (C=O) groups excluding carboxylic acids is 3. The monoisotopic (exact) mass is 487 g/mol. The predicted molar refractivity (Wildman–Crippen MR) is 126 cm³/mol. The number of ether oxygens (including phenoxy) is 1. The molecule has 182 valence electrons. The van der Waals surface area contributed by atoms with Crippen molar-refractivity contribution in [1.82, 2.24) is 20.2 Å². The van der Waals surface area contributed by atoms with Gasteiger partial charge in [-0.05, 0) is 56.3 Å². The number of rotatable bonds is 4. The smallest absolute Gasteiger partial charge is 0.194 e. The number of allylic oxidation sites excluding steroid dienone is 4. The van der Waals surface area contributed by atoms with Gasteiger partial charge in [-0.15, -0.1) is 5.10 Å². The number of carbonyl (C=O) groups is 3. The van der Waals surface area contributed by atoms with E-state index in [0.717, 1.165) is 0 Å². The minimum absolute atomic E-state index is 0.0208. The highest BCUT2D eigenvalue weighted by Gasteiger charge is 2.56. The average molecular weight is 487 g/mol. The first-order valence-corrected chi connectivity index (χ1v) is 11.0. The third-order valence-electron chi connectivity index (χ3n) is 6.55. The number of aromatic nitrogens is 4. The molecule has 2 aromatic carbocycles. The van der Waals surface area contributed by atoms with Gasteiger partial charge >= 0.3 is 0 Å². The van der Waals surface area contributed by atoms with Crippen LogP contribution in [0.5, 0.6) is 17.2 Å². The van der Waals surface area contributed by atoms with Gasteiger partial charge in [-0.1, -0.05) is 6.07 Å². The fourth-order valence-electron chi connectivity index (χ4n) is 4.65. The third kappa shape index (κ3) is 3.13. The second kappa shape index (κ2) is 7.87. The maximum absolute atomic E-state index is 13.9. The lowest BCUT2D eigenvalue weighted by Gasteiger charge is -2.29. The number of nitrogens with one attached hydrogen (secondary N) is 1. The lowest BCUT2D eigenvalue weighted by atomic mass is 9.70. The van der Waals surface area contributed by atoms with Gasteiger partial charge in [0, 0.05) is 23.0 Å². The van der Waals surface area contributed by atoms with Gasteiger partial charge in [0.2, 0.25) is 0 Å². The molecule has 2 heterocycles. The maximum atomic E-state index is 13.9. The topological polar surface area (TPSA) is 157 Å². The molecule has 11 nitrogen and oxygen atoms in total. The molecule has 2 aliphatic rings. The lowest BCUT2D eigenvalue weighted by Crippen LogP contribution is -2.40. The Kier molecular flexibility index (Phi) is 5.02. The van der Waals surface area contributed by atoms with E-state index in [9.17, 15) is 24.6 Å². The zero-order valence-electron chi connectivity index (χ0n) is 19.8. The van der Waals surface area contributed by atoms with Crippen molar-refractivity contribution in [2.45, 2.75) is 33.1 Å². The largest absolute Gasteiger partial charge is 0.507 e. The highest BCUT2D eigenvalue weighted by Crippen LogP contribution is 2.57. The maximum Gasteiger partial charge on any atom is 0.194 e. The summed E-state index contributed by atoms with van der Waals surface area (Å²) in [6.07, 6.45) is 2.61. The number of fused-ring (bicyclic) bond motifs is 3. The van der Waals surface area contributed by atoms with Gasteiger partial charge in [0.1, 0.15) is 40.3 Å². The first-order chi connectivity index (χ1) is 17.1. The van der Waals surface area contributed by atoms with Crippen LogP contribution in [0.3, 0.4) is 0 Å². The van der Waals surface area contributed by atoms with E-state index in [0.29, 0.717) is 11.4 Å². The van der Waals surface area contributed by atoms with Gasteiger partial charge in [0.05, 0.1) is 16.8 Å². The number of phenolic OH excluding ortho intramolecular Hbond substituents is 2. The molecule has 1 atom stereocenters. The molecule has 1 aromatic heterocycles. The zero-order chi connectivity index (χ0) is 25.9. The number of hydrogen-bond donors (Lipinski definition) is 3. The molecule has 11 heteroatoms. The highest BCUT2D eigenvalue weighted by atomic mass is 16.5. The van der Waals surface area contributed by atoms with Crippen molar-refractivity contribution in [3.05, 3.63) is 70.4 Å². The summed E-state index contributed by atoms with van der Waals surface area (Å²) in [5, 5.41) is 35.6. The van der Waals surface area contributed by atoms with E-state index in [2.05, 4.69) is 20.8 Å². The number of hydrogen-bond acceptors (Lipinski definition) is 10. The fourth-order valence-corrected chi connectivity index (χ4v) is 4.65. The minimum atomic E-state index is -1.58. The summed E-state index contributed by atoms with van der Waals surface area (Å²) >= 11 is 0. The van der Waals surface area contributed by atoms with Gasteiger partial charge in [0.25, 0.3) is 0 Å². The average Bonchev–Trinajstić information content (AvgIpc) is 3.45. The number of benzene rings is 2. The van der Waals surface area contributed by atoms with E-state index in [-0.39, 0.29) is 45.2 Å². The first kappa shape index (κ1) is 23.0. The van der Waals surface area contributed by atoms with Crippen LogP contribution in [0.2, 0.25) is 0 Å². The molecular formula is C25H21N5O6. The Morgan fingerprint density at radius 1 is 1.17 bits per heavy atom. The van der Waals surface area contributed by atoms with Crippen LogP contribution >= 0.6 is 0 Å². The molecule has 0 amide bonds. The van der Waals surface area contributed by atoms with E-state index < -0.39 is 28.5 Å². The molecule has 0 unspecified atom stereocenters. The van der Waals surface area contributed by atoms with Crippen LogP contribution in [0.25, 0.3) is 5.69 Å². The predicted octanol–water partition coefficient (Wildman–Crippen LogP) is 2.66. The van der Waals surface area contributed by atoms with Crippen LogP contribution in [0.4, 0.5) is 5.69 Å². The minimum Gasteiger partial charge on any atom is -0.507 e. The Balaban J connectivity index is 1.62. The Morgan fingerprint density at radius 2 is 1.92 bits per heavy atom. The van der Waals surface area contributed by atoms with Gasteiger partial charge in [-0.2, -0.15) is 0 Å². The van der Waals surface area contributed by atoms with Crippen LogP contribution < -0.4 is 10.1 Å². The first-order valence-electron chi connectivity index (χ1n) is 11.0. The van der Waals surface area contributed by atoms with Crippen molar-refractivity contribution >= 4 is 23.0 Å². The summed E-state index contributed by atoms with van der Waals surface area (Å²) in [7, 11) is 0. The molecule has 1 aliphatic heterocycles. The summed E-state index contributed by atoms with van der Waals surface area (Å²) in [6.45, 7) is 5.79. The van der Waals surface area contributed by atoms with Crippen molar-refractivity contribution in [3.63, 3.8) is 0 Å². The molecule has 0 fully saturated rings. The van der Waals surface area contributed by atoms with Crippen molar-refractivity contribution < 1.29 is 29.3 Å². The second-order valence-electron chi connectivity index (χ2n) is 8.82. The Bertz CT molecular complexity index is 1550. The van der Waals surface area contributed by atoms with Gasteiger partial charge in [-0.3, -0.25) is 14.4 Å². The Hall–Kier alpha value is -4.80. The summed E-state index contributed by atoms with van der Waals surface area (Å²) in [5.41, 5.74) is -0.259. The third-order valence-corrected chi connectivity index (χ3v) is 6.55. The molecule has 5 rings (SSSR count). The summed E-state index contributed by atoms with van der Waals surface area (Å²) in [6, 6.07) is 7.05. The molecule has 3 aromatic rings. The molecular weight excluding hydrogens is 466 g/mol. The number of nitrogens with zero attached hydrogens (tertiary/aromatic N) is 4. The Morgan fingerprint density at radius 3 is 2.58 bits per heavy atom. The number of aromatic hydroxyl groups is 2. The van der Waals surface area contributed by atoms with Crippen LogP contribution in [0, 0.1) is 6.92 Å². The molecule has 0 spiro atoms. The van der Waals surface area contributed by atoms with Crippen molar-refractivity contribution in [3.8, 4) is 22.9 Å². The summed E-state index contributed by atoms with van der Waals surface area (Å²) < 4.78 is 7.24. The number of tetrazole rings is 1. The fraction of sp³-hybridized carbons (Fsp3) is 0.200. The standard InChI is InChI=1S/C25H21N5O6/c1-11-21(33)19(13(3)31)23-20(22(11)34)25(4)17(36-23)9-16(32)18(24(25)35)12(2)27-14-6-5-7-15(8-14)30-10-26-28-29-30/h5-10,27,33-34H,1-4H3/b18-12+/t25-/m0/s1. The van der Waals surface area contributed by atoms with Gasteiger partial charge in [-0.25, -0.2) is 4.68 Å². The molecule has 0 saturated heterocycles. The zero-order valence-corrected chi connectivity index (χ0v) is 19.8. The van der Waals surface area contributed by atoms with E-state index >= 15 is 0 Å². The van der Waals surface area contributed by atoms with E-state index in [1.54, 1.807) is 31.2 Å². The normalized spacial score (nSPS) is 19.8. The van der Waals surface area contributed by atoms with Gasteiger partial charge < -0.3 is 20.3 Å². The molecule has 1 aliphatic carbocycles. The lowest BCUT2D eigenvalue weighted by molar-refractivity contribution is -0.123. The van der Waals surface area contributed by atoms with E-state index in [1.165, 1.54) is 37.9 Å². The summed E-state index contributed by atoms with van der Waals surface area (Å²) in [5.74, 6) is -2.67. The summed E-state index contributed by atoms with van der Waals surface area (Å²) in [4.78, 5) is 39.3. The molecule has 0 radical (unpaired) electrons. The number of phenols is 2. The Labute approximate surface area is 204 Å². The molecule has 3 N–H and O–H groups in total. The number of anilines is 1. The molecule has 0 saturated carbocycles. The van der Waals surface area contributed by atoms with Crippen LogP contribution in [-0.2, 0) is 15.0 Å². The van der Waals surface area contributed by atoms with Crippen molar-refractivity contribution in [2.75, 3.05) is 5.32 Å². The van der Waals surface area contributed by atoms with Crippen LogP contribution in [0.1, 0.15) is 42.3 Å². The van der Waals surface area contributed by atoms with Gasteiger partial charge in [0.15, 0.2) is 17.3 Å². The van der Waals surface area contributed by atoms with E-state index in [4.69, 9.17) is 4.74 Å². The van der Waals surface area contributed by atoms with Crippen molar-refractivity contribution in [1.29, 1.82) is 0 Å². The second-order valence-corrected chi connectivity index (χ2v) is 8.82. The SMILES string of the molecule is CC(=O)c1c(O)c(C)c(O)c2c1OC1=CC(=O)/C(=C(/C)Nc3cccc(-n4cnnn4)c3)C(=O)[C@@]12C. The quantitative estimate of drug-likeness (QED) is 0.284. The van der Waals surface area contributed by atoms with Crippen molar-refractivity contribution in [2.24, 2.45) is 0 Å². The molecule has 36 heavy (non-hydrogen) atoms. The number of ketones is 3.